The summed E-state index contributed by atoms with van der Waals surface area (Å²) in [5.41, 5.74) is 4.13. The highest BCUT2D eigenvalue weighted by Crippen LogP contribution is 2.20. The Bertz CT molecular complexity index is 779. The van der Waals surface area contributed by atoms with Crippen molar-refractivity contribution in [2.45, 2.75) is 0 Å². The van der Waals surface area contributed by atoms with E-state index in [4.69, 9.17) is 0 Å². The van der Waals surface area contributed by atoms with E-state index in [2.05, 4.69) is 32.2 Å². The Balaban J connectivity index is 0.000000228. The van der Waals surface area contributed by atoms with Crippen LogP contribution in [-0.4, -0.2) is 28.2 Å². The van der Waals surface area contributed by atoms with Crippen molar-refractivity contribution in [2.24, 2.45) is 10.2 Å². The summed E-state index contributed by atoms with van der Waals surface area (Å²) in [7, 11) is 8.10. The first-order chi connectivity index (χ1) is 12.6. The van der Waals surface area contributed by atoms with Gasteiger partial charge in [0.1, 0.15) is 0 Å². The number of hydrogen-bond acceptors (Lipinski definition) is 4. The van der Waals surface area contributed by atoms with Crippen molar-refractivity contribution in [2.75, 3.05) is 38.0 Å². The Labute approximate surface area is 156 Å². The van der Waals surface area contributed by atoms with E-state index < -0.39 is 0 Å². The molecule has 26 heavy (non-hydrogen) atoms. The largest absolute Gasteiger partial charge is 0.378 e. The van der Waals surface area contributed by atoms with Crippen molar-refractivity contribution in [1.29, 1.82) is 0 Å². The van der Waals surface area contributed by atoms with Gasteiger partial charge >= 0.3 is 0 Å². The lowest BCUT2D eigenvalue weighted by Gasteiger charge is -2.11. The molecule has 0 aliphatic rings. The van der Waals surface area contributed by atoms with Crippen LogP contribution < -0.4 is 9.80 Å². The molecular formula is C22H26N4. The summed E-state index contributed by atoms with van der Waals surface area (Å²) in [6.07, 6.45) is 0. The summed E-state index contributed by atoms with van der Waals surface area (Å²) in [4.78, 5) is 4.14. The fourth-order valence-electron chi connectivity index (χ4n) is 2.15. The van der Waals surface area contributed by atoms with Crippen LogP contribution >= 0.6 is 0 Å². The minimum Gasteiger partial charge on any atom is -0.378 e. The van der Waals surface area contributed by atoms with E-state index in [9.17, 15) is 0 Å². The average molecular weight is 346 g/mol. The van der Waals surface area contributed by atoms with Crippen LogP contribution in [0.4, 0.5) is 22.7 Å². The molecule has 4 heteroatoms. The van der Waals surface area contributed by atoms with E-state index >= 15 is 0 Å². The van der Waals surface area contributed by atoms with Crippen LogP contribution in [0, 0.1) is 0 Å². The monoisotopic (exact) mass is 346 g/mol. The van der Waals surface area contributed by atoms with Gasteiger partial charge in [0.15, 0.2) is 0 Å². The van der Waals surface area contributed by atoms with Crippen molar-refractivity contribution in [3.8, 4) is 0 Å². The van der Waals surface area contributed by atoms with Crippen LogP contribution in [0.2, 0.25) is 0 Å². The molecule has 134 valence electrons. The lowest BCUT2D eigenvalue weighted by atomic mass is 10.3. The van der Waals surface area contributed by atoms with Gasteiger partial charge in [0.25, 0.3) is 0 Å². The van der Waals surface area contributed by atoms with Gasteiger partial charge < -0.3 is 9.80 Å². The summed E-state index contributed by atoms with van der Waals surface area (Å²) >= 11 is 0. The van der Waals surface area contributed by atoms with E-state index in [1.54, 1.807) is 0 Å². The fraction of sp³-hybridized carbons (Fsp3) is 0.182. The molecular weight excluding hydrogens is 320 g/mol. The highest BCUT2D eigenvalue weighted by molar-refractivity contribution is 5.52. The third kappa shape index (κ3) is 6.40. The molecule has 3 aromatic rings. The van der Waals surface area contributed by atoms with Crippen molar-refractivity contribution >= 4 is 22.7 Å². The zero-order valence-corrected chi connectivity index (χ0v) is 15.9. The smallest absolute Gasteiger partial charge is 0.0858 e. The summed E-state index contributed by atoms with van der Waals surface area (Å²) in [5, 5.41) is 8.35. The molecule has 0 amide bonds. The van der Waals surface area contributed by atoms with E-state index in [0.29, 0.717) is 0 Å². The van der Waals surface area contributed by atoms with E-state index in [1.807, 2.05) is 101 Å². The minimum absolute atomic E-state index is 0.861. The molecule has 0 saturated carbocycles. The predicted octanol–water partition coefficient (Wildman–Crippen LogP) is 5.92. The van der Waals surface area contributed by atoms with Crippen LogP contribution in [0.5, 0.6) is 0 Å². The SMILES string of the molecule is CN(C)c1ccc(N=Nc2ccccc2)cc1.CN(C)c1ccccc1. The molecule has 0 aromatic heterocycles. The fourth-order valence-corrected chi connectivity index (χ4v) is 2.15. The van der Waals surface area contributed by atoms with Crippen LogP contribution in [0.25, 0.3) is 0 Å². The van der Waals surface area contributed by atoms with E-state index in [1.165, 1.54) is 5.69 Å². The van der Waals surface area contributed by atoms with Crippen molar-refractivity contribution < 1.29 is 0 Å². The first-order valence-corrected chi connectivity index (χ1v) is 8.53. The Kier molecular flexibility index (Phi) is 7.37. The Hall–Kier alpha value is -3.14. The quantitative estimate of drug-likeness (QED) is 0.549. The molecule has 0 spiro atoms. The topological polar surface area (TPSA) is 31.2 Å². The minimum atomic E-state index is 0.861. The van der Waals surface area contributed by atoms with Gasteiger partial charge in [-0.3, -0.25) is 0 Å². The zero-order valence-electron chi connectivity index (χ0n) is 15.9. The van der Waals surface area contributed by atoms with Gasteiger partial charge in [-0.15, -0.1) is 0 Å². The van der Waals surface area contributed by atoms with Crippen molar-refractivity contribution in [3.63, 3.8) is 0 Å². The second kappa shape index (κ2) is 9.99. The van der Waals surface area contributed by atoms with Crippen LogP contribution in [-0.2, 0) is 0 Å². The number of benzene rings is 3. The number of hydrogen-bond donors (Lipinski definition) is 0. The number of nitrogens with zero attached hydrogens (tertiary/aromatic N) is 4. The molecule has 0 bridgehead atoms. The molecule has 3 aromatic carbocycles. The molecule has 0 heterocycles. The molecule has 4 nitrogen and oxygen atoms in total. The van der Waals surface area contributed by atoms with E-state index in [0.717, 1.165) is 17.1 Å². The molecule has 0 N–H and O–H groups in total. The highest BCUT2D eigenvalue weighted by Gasteiger charge is 1.94. The normalized spacial score (nSPS) is 10.2. The van der Waals surface area contributed by atoms with Gasteiger partial charge in [-0.2, -0.15) is 10.2 Å². The Morgan fingerprint density at radius 2 is 0.846 bits per heavy atom. The molecule has 0 unspecified atom stereocenters. The number of para-hydroxylation sites is 1. The van der Waals surface area contributed by atoms with Crippen molar-refractivity contribution in [3.05, 3.63) is 84.9 Å². The van der Waals surface area contributed by atoms with E-state index in [-0.39, 0.29) is 0 Å². The predicted molar refractivity (Wildman–Crippen MR) is 112 cm³/mol. The molecule has 0 saturated heterocycles. The lowest BCUT2D eigenvalue weighted by Crippen LogP contribution is -2.07. The summed E-state index contributed by atoms with van der Waals surface area (Å²) in [6.45, 7) is 0. The standard InChI is InChI=1S/C14H15N3.C8H11N/c1-17(2)14-10-8-13(9-11-14)16-15-12-6-4-3-5-7-12;1-9(2)8-6-4-3-5-7-8/h3-11H,1-2H3;3-7H,1-2H3. The Morgan fingerprint density at radius 1 is 0.462 bits per heavy atom. The molecule has 0 aliphatic heterocycles. The van der Waals surface area contributed by atoms with Gasteiger partial charge in [-0.1, -0.05) is 36.4 Å². The van der Waals surface area contributed by atoms with Gasteiger partial charge in [-0.25, -0.2) is 0 Å². The lowest BCUT2D eigenvalue weighted by molar-refractivity contribution is 1.13. The molecule has 0 atom stereocenters. The van der Waals surface area contributed by atoms with Crippen LogP contribution in [0.15, 0.2) is 95.2 Å². The van der Waals surface area contributed by atoms with Gasteiger partial charge in [0.2, 0.25) is 0 Å². The molecule has 0 radical (unpaired) electrons. The third-order valence-corrected chi connectivity index (χ3v) is 3.68. The second-order valence-corrected chi connectivity index (χ2v) is 6.18. The van der Waals surface area contributed by atoms with Crippen LogP contribution in [0.3, 0.4) is 0 Å². The van der Waals surface area contributed by atoms with Gasteiger partial charge in [-0.05, 0) is 48.5 Å². The molecule has 3 rings (SSSR count). The maximum atomic E-state index is 4.18. The van der Waals surface area contributed by atoms with Gasteiger partial charge in [0, 0.05) is 39.6 Å². The summed E-state index contributed by atoms with van der Waals surface area (Å²) in [6, 6.07) is 28.0. The summed E-state index contributed by atoms with van der Waals surface area (Å²) < 4.78 is 0. The number of anilines is 2. The third-order valence-electron chi connectivity index (χ3n) is 3.68. The maximum absolute atomic E-state index is 4.18. The Morgan fingerprint density at radius 3 is 1.27 bits per heavy atom. The second-order valence-electron chi connectivity index (χ2n) is 6.18. The van der Waals surface area contributed by atoms with Crippen LogP contribution in [0.1, 0.15) is 0 Å². The summed E-state index contributed by atoms with van der Waals surface area (Å²) in [5.74, 6) is 0. The molecule has 0 fully saturated rings. The number of rotatable bonds is 4. The van der Waals surface area contributed by atoms with Gasteiger partial charge in [0.05, 0.1) is 11.4 Å². The number of azo groups is 1. The van der Waals surface area contributed by atoms with Crippen molar-refractivity contribution in [1.82, 2.24) is 0 Å². The first kappa shape index (κ1) is 19.2. The first-order valence-electron chi connectivity index (χ1n) is 8.53. The zero-order chi connectivity index (χ0) is 18.8. The molecule has 0 aliphatic carbocycles. The average Bonchev–Trinajstić information content (AvgIpc) is 2.68. The maximum Gasteiger partial charge on any atom is 0.0858 e. The highest BCUT2D eigenvalue weighted by atomic mass is 15.1.